The van der Waals surface area contributed by atoms with Gasteiger partial charge in [0.25, 0.3) is 0 Å². The molecule has 0 N–H and O–H groups in total. The van der Waals surface area contributed by atoms with E-state index in [1.807, 2.05) is 0 Å². The first-order valence-corrected chi connectivity index (χ1v) is 12.3. The van der Waals surface area contributed by atoms with E-state index in [1.54, 1.807) is 0 Å². The van der Waals surface area contributed by atoms with Crippen LogP contribution in [0.1, 0.15) is 143 Å². The van der Waals surface area contributed by atoms with Gasteiger partial charge in [-0.05, 0) is 18.8 Å². The number of hydrogen-bond donors (Lipinski definition) is 0. The number of carbonyl (C=O) groups excluding carboxylic acids is 1. The van der Waals surface area contributed by atoms with Gasteiger partial charge < -0.3 is 4.74 Å². The molecule has 0 aromatic carbocycles. The molecule has 0 spiro atoms. The fraction of sp³-hybridized carbons (Fsp3) is 0.960. The van der Waals surface area contributed by atoms with Crippen LogP contribution in [0.15, 0.2) is 0 Å². The molecular weight excluding hydrogens is 332 g/mol. The fourth-order valence-corrected chi connectivity index (χ4v) is 3.49. The van der Waals surface area contributed by atoms with E-state index in [-0.39, 0.29) is 5.97 Å². The standard InChI is InChI=1S/C25H50O2/c1-4-5-6-7-8-9-10-11-12-13-14-15-16-17-18-19-20-23-27-25(26)22-21-24(2)3/h24H,4-23H2,1-3H3. The maximum atomic E-state index is 11.5. The van der Waals surface area contributed by atoms with Gasteiger partial charge in [-0.1, -0.05) is 124 Å². The highest BCUT2D eigenvalue weighted by atomic mass is 16.5. The zero-order chi connectivity index (χ0) is 20.0. The highest BCUT2D eigenvalue weighted by Gasteiger charge is 2.04. The Morgan fingerprint density at radius 1 is 0.630 bits per heavy atom. The van der Waals surface area contributed by atoms with Gasteiger partial charge in [-0.15, -0.1) is 0 Å². The smallest absolute Gasteiger partial charge is 0.305 e. The molecule has 0 saturated heterocycles. The quantitative estimate of drug-likeness (QED) is 0.147. The fourth-order valence-electron chi connectivity index (χ4n) is 3.49. The summed E-state index contributed by atoms with van der Waals surface area (Å²) in [5.41, 5.74) is 0. The summed E-state index contributed by atoms with van der Waals surface area (Å²) in [5, 5.41) is 0. The van der Waals surface area contributed by atoms with Gasteiger partial charge in [0.2, 0.25) is 0 Å². The maximum Gasteiger partial charge on any atom is 0.305 e. The largest absolute Gasteiger partial charge is 0.466 e. The van der Waals surface area contributed by atoms with Crippen LogP contribution in [0.5, 0.6) is 0 Å². The Morgan fingerprint density at radius 3 is 1.37 bits per heavy atom. The minimum atomic E-state index is -0.0137. The zero-order valence-electron chi connectivity index (χ0n) is 19.0. The molecule has 27 heavy (non-hydrogen) atoms. The monoisotopic (exact) mass is 382 g/mol. The van der Waals surface area contributed by atoms with Crippen LogP contribution >= 0.6 is 0 Å². The average Bonchev–Trinajstić information content (AvgIpc) is 2.65. The van der Waals surface area contributed by atoms with E-state index in [0.717, 1.165) is 12.8 Å². The summed E-state index contributed by atoms with van der Waals surface area (Å²) in [7, 11) is 0. The Hall–Kier alpha value is -0.530. The van der Waals surface area contributed by atoms with Gasteiger partial charge in [-0.3, -0.25) is 4.79 Å². The zero-order valence-corrected chi connectivity index (χ0v) is 19.0. The normalized spacial score (nSPS) is 11.3. The molecule has 0 radical (unpaired) electrons. The number of rotatable bonds is 21. The minimum Gasteiger partial charge on any atom is -0.466 e. The average molecular weight is 383 g/mol. The summed E-state index contributed by atoms with van der Waals surface area (Å²) in [6, 6.07) is 0. The van der Waals surface area contributed by atoms with Gasteiger partial charge in [0.1, 0.15) is 0 Å². The number of ether oxygens (including phenoxy) is 1. The summed E-state index contributed by atoms with van der Waals surface area (Å²) < 4.78 is 5.28. The first-order valence-electron chi connectivity index (χ1n) is 12.3. The third kappa shape index (κ3) is 23.4. The van der Waals surface area contributed by atoms with Crippen LogP contribution in [-0.2, 0) is 9.53 Å². The van der Waals surface area contributed by atoms with E-state index in [1.165, 1.54) is 103 Å². The highest BCUT2D eigenvalue weighted by molar-refractivity contribution is 5.69. The topological polar surface area (TPSA) is 26.3 Å². The van der Waals surface area contributed by atoms with Crippen LogP contribution in [-0.4, -0.2) is 12.6 Å². The lowest BCUT2D eigenvalue weighted by atomic mass is 10.0. The molecule has 162 valence electrons. The summed E-state index contributed by atoms with van der Waals surface area (Å²) in [6.07, 6.45) is 25.0. The maximum absolute atomic E-state index is 11.5. The second-order valence-electron chi connectivity index (χ2n) is 8.81. The summed E-state index contributed by atoms with van der Waals surface area (Å²) in [6.45, 7) is 7.19. The molecule has 0 rings (SSSR count). The molecule has 2 nitrogen and oxygen atoms in total. The third-order valence-corrected chi connectivity index (χ3v) is 5.44. The number of esters is 1. The van der Waals surface area contributed by atoms with Gasteiger partial charge >= 0.3 is 5.97 Å². The van der Waals surface area contributed by atoms with Crippen molar-refractivity contribution in [3.63, 3.8) is 0 Å². The van der Waals surface area contributed by atoms with Crippen molar-refractivity contribution in [3.05, 3.63) is 0 Å². The van der Waals surface area contributed by atoms with Crippen molar-refractivity contribution >= 4 is 5.97 Å². The third-order valence-electron chi connectivity index (χ3n) is 5.44. The SMILES string of the molecule is CCCCCCCCCCCCCCCCCCCOC(=O)CCC(C)C. The molecular formula is C25H50O2. The van der Waals surface area contributed by atoms with Crippen LogP contribution in [0, 0.1) is 5.92 Å². The molecule has 0 aliphatic carbocycles. The van der Waals surface area contributed by atoms with Crippen LogP contribution in [0.4, 0.5) is 0 Å². The van der Waals surface area contributed by atoms with Gasteiger partial charge in [0, 0.05) is 6.42 Å². The Labute approximate surface area is 171 Å². The van der Waals surface area contributed by atoms with Crippen molar-refractivity contribution in [2.75, 3.05) is 6.61 Å². The van der Waals surface area contributed by atoms with E-state index >= 15 is 0 Å². The van der Waals surface area contributed by atoms with E-state index < -0.39 is 0 Å². The Kier molecular flexibility index (Phi) is 21.3. The van der Waals surface area contributed by atoms with E-state index in [4.69, 9.17) is 4.74 Å². The lowest BCUT2D eigenvalue weighted by Crippen LogP contribution is -2.06. The van der Waals surface area contributed by atoms with Crippen molar-refractivity contribution in [2.45, 2.75) is 143 Å². The van der Waals surface area contributed by atoms with E-state index in [0.29, 0.717) is 18.9 Å². The second kappa shape index (κ2) is 21.8. The number of carbonyl (C=O) groups is 1. The number of hydrogen-bond acceptors (Lipinski definition) is 2. The summed E-state index contributed by atoms with van der Waals surface area (Å²) in [4.78, 5) is 11.5. The molecule has 0 amide bonds. The van der Waals surface area contributed by atoms with Crippen molar-refractivity contribution in [1.82, 2.24) is 0 Å². The molecule has 0 saturated carbocycles. The number of unbranched alkanes of at least 4 members (excludes halogenated alkanes) is 16. The highest BCUT2D eigenvalue weighted by Crippen LogP contribution is 2.14. The van der Waals surface area contributed by atoms with Crippen molar-refractivity contribution < 1.29 is 9.53 Å². The molecule has 0 aromatic rings. The molecule has 0 aliphatic heterocycles. The summed E-state index contributed by atoms with van der Waals surface area (Å²) in [5.74, 6) is 0.568. The van der Waals surface area contributed by atoms with Crippen molar-refractivity contribution in [3.8, 4) is 0 Å². The Balaban J connectivity index is 3.08. The van der Waals surface area contributed by atoms with Crippen LogP contribution in [0.3, 0.4) is 0 Å². The molecule has 0 unspecified atom stereocenters. The molecule has 0 aromatic heterocycles. The van der Waals surface area contributed by atoms with E-state index in [9.17, 15) is 4.79 Å². The van der Waals surface area contributed by atoms with Crippen LogP contribution < -0.4 is 0 Å². The lowest BCUT2D eigenvalue weighted by Gasteiger charge is -2.06. The molecule has 2 heteroatoms. The van der Waals surface area contributed by atoms with Crippen LogP contribution in [0.25, 0.3) is 0 Å². The molecule has 0 heterocycles. The van der Waals surface area contributed by atoms with Crippen molar-refractivity contribution in [1.29, 1.82) is 0 Å². The summed E-state index contributed by atoms with van der Waals surface area (Å²) >= 11 is 0. The van der Waals surface area contributed by atoms with Gasteiger partial charge in [0.05, 0.1) is 6.61 Å². The van der Waals surface area contributed by atoms with Crippen molar-refractivity contribution in [2.24, 2.45) is 5.92 Å². The predicted octanol–water partition coefficient (Wildman–Crippen LogP) is 8.62. The molecule has 0 fully saturated rings. The van der Waals surface area contributed by atoms with E-state index in [2.05, 4.69) is 20.8 Å². The molecule has 0 aliphatic rings. The minimum absolute atomic E-state index is 0.0137. The van der Waals surface area contributed by atoms with Gasteiger partial charge in [-0.25, -0.2) is 0 Å². The van der Waals surface area contributed by atoms with Crippen LogP contribution in [0.2, 0.25) is 0 Å². The van der Waals surface area contributed by atoms with Gasteiger partial charge in [-0.2, -0.15) is 0 Å². The second-order valence-corrected chi connectivity index (χ2v) is 8.81. The molecule has 0 atom stereocenters. The lowest BCUT2D eigenvalue weighted by molar-refractivity contribution is -0.144. The first kappa shape index (κ1) is 26.5. The first-order chi connectivity index (χ1) is 13.2. The predicted molar refractivity (Wildman–Crippen MR) is 119 cm³/mol. The Morgan fingerprint density at radius 2 is 1.00 bits per heavy atom. The molecule has 0 bridgehead atoms. The van der Waals surface area contributed by atoms with Gasteiger partial charge in [0.15, 0.2) is 0 Å². The Bertz CT molecular complexity index is 299.